The Morgan fingerprint density at radius 3 is 3.00 bits per heavy atom. The van der Waals surface area contributed by atoms with Gasteiger partial charge in [-0.2, -0.15) is 0 Å². The third-order valence-electron chi connectivity index (χ3n) is 1.90. The molecule has 2 N–H and O–H groups in total. The molecule has 0 aliphatic heterocycles. The van der Waals surface area contributed by atoms with Crippen LogP contribution < -0.4 is 5.32 Å². The van der Waals surface area contributed by atoms with Gasteiger partial charge in [0, 0.05) is 5.38 Å². The van der Waals surface area contributed by atoms with Crippen LogP contribution in [0.3, 0.4) is 0 Å². The van der Waals surface area contributed by atoms with Gasteiger partial charge in [0.25, 0.3) is 5.91 Å². The SMILES string of the molecule is CC(=NO)c1csc(NC(=O)c2cncs2)n1. The molecule has 1 amide bonds. The van der Waals surface area contributed by atoms with Crippen LogP contribution in [0, 0.1) is 0 Å². The highest BCUT2D eigenvalue weighted by molar-refractivity contribution is 7.14. The van der Waals surface area contributed by atoms with Gasteiger partial charge in [0.15, 0.2) is 5.13 Å². The van der Waals surface area contributed by atoms with Crippen LogP contribution in [0.5, 0.6) is 0 Å². The Morgan fingerprint density at radius 2 is 2.35 bits per heavy atom. The highest BCUT2D eigenvalue weighted by atomic mass is 32.1. The molecule has 6 nitrogen and oxygen atoms in total. The zero-order valence-corrected chi connectivity index (χ0v) is 10.4. The summed E-state index contributed by atoms with van der Waals surface area (Å²) in [6.07, 6.45) is 1.49. The number of amides is 1. The number of rotatable bonds is 3. The summed E-state index contributed by atoms with van der Waals surface area (Å²) in [5, 5.41) is 16.4. The molecule has 0 aliphatic carbocycles. The minimum atomic E-state index is -0.244. The summed E-state index contributed by atoms with van der Waals surface area (Å²) in [6.45, 7) is 1.63. The highest BCUT2D eigenvalue weighted by Crippen LogP contribution is 2.17. The number of carbonyl (C=O) groups is 1. The van der Waals surface area contributed by atoms with Crippen molar-refractivity contribution in [3.05, 3.63) is 27.7 Å². The van der Waals surface area contributed by atoms with Gasteiger partial charge in [0.05, 0.1) is 11.7 Å². The second-order valence-electron chi connectivity index (χ2n) is 3.04. The van der Waals surface area contributed by atoms with E-state index in [0.29, 0.717) is 21.4 Å². The molecule has 2 aromatic rings. The van der Waals surface area contributed by atoms with Crippen molar-refractivity contribution in [3.63, 3.8) is 0 Å². The van der Waals surface area contributed by atoms with Crippen molar-refractivity contribution in [2.75, 3.05) is 5.32 Å². The van der Waals surface area contributed by atoms with Crippen LogP contribution in [-0.4, -0.2) is 26.8 Å². The van der Waals surface area contributed by atoms with Gasteiger partial charge in [-0.3, -0.25) is 15.1 Å². The van der Waals surface area contributed by atoms with Gasteiger partial charge >= 0.3 is 0 Å². The Kier molecular flexibility index (Phi) is 3.45. The fraction of sp³-hybridized carbons (Fsp3) is 0.111. The molecule has 0 bridgehead atoms. The van der Waals surface area contributed by atoms with Crippen molar-refractivity contribution < 1.29 is 10.0 Å². The van der Waals surface area contributed by atoms with Crippen molar-refractivity contribution in [2.45, 2.75) is 6.92 Å². The molecule has 0 saturated heterocycles. The van der Waals surface area contributed by atoms with E-state index >= 15 is 0 Å². The maximum atomic E-state index is 11.7. The third-order valence-corrected chi connectivity index (χ3v) is 3.43. The average Bonchev–Trinajstić information content (AvgIpc) is 2.98. The monoisotopic (exact) mass is 268 g/mol. The van der Waals surface area contributed by atoms with Crippen molar-refractivity contribution in [1.29, 1.82) is 0 Å². The van der Waals surface area contributed by atoms with Crippen molar-refractivity contribution in [2.24, 2.45) is 5.16 Å². The molecule has 88 valence electrons. The number of oxime groups is 1. The van der Waals surface area contributed by atoms with Crippen molar-refractivity contribution >= 4 is 39.4 Å². The first kappa shape index (κ1) is 11.7. The number of nitrogens with one attached hydrogen (secondary N) is 1. The average molecular weight is 268 g/mol. The van der Waals surface area contributed by atoms with Gasteiger partial charge in [-0.15, -0.1) is 22.7 Å². The normalized spacial score (nSPS) is 11.5. The van der Waals surface area contributed by atoms with E-state index in [4.69, 9.17) is 5.21 Å². The number of hydrogen-bond acceptors (Lipinski definition) is 7. The summed E-state index contributed by atoms with van der Waals surface area (Å²) in [5.41, 5.74) is 2.53. The zero-order valence-electron chi connectivity index (χ0n) is 8.75. The van der Waals surface area contributed by atoms with Crippen molar-refractivity contribution in [1.82, 2.24) is 9.97 Å². The molecule has 2 heterocycles. The number of carbonyl (C=O) groups excluding carboxylic acids is 1. The lowest BCUT2D eigenvalue weighted by Crippen LogP contribution is -2.10. The van der Waals surface area contributed by atoms with Crippen LogP contribution in [-0.2, 0) is 0 Å². The molecule has 0 unspecified atom stereocenters. The van der Waals surface area contributed by atoms with Gasteiger partial charge in [-0.05, 0) is 6.92 Å². The topological polar surface area (TPSA) is 87.5 Å². The molecular formula is C9H8N4O2S2. The second kappa shape index (κ2) is 5.02. The summed E-state index contributed by atoms with van der Waals surface area (Å²) in [4.78, 5) is 20.1. The van der Waals surface area contributed by atoms with E-state index < -0.39 is 0 Å². The van der Waals surface area contributed by atoms with E-state index in [1.807, 2.05) is 0 Å². The molecule has 0 radical (unpaired) electrons. The summed E-state index contributed by atoms with van der Waals surface area (Å²) < 4.78 is 0. The predicted octanol–water partition coefficient (Wildman–Crippen LogP) is 2.05. The smallest absolute Gasteiger partial charge is 0.269 e. The zero-order chi connectivity index (χ0) is 12.3. The van der Waals surface area contributed by atoms with Crippen LogP contribution in [0.25, 0.3) is 0 Å². The summed E-state index contributed by atoms with van der Waals surface area (Å²) >= 11 is 2.53. The lowest BCUT2D eigenvalue weighted by atomic mass is 10.3. The van der Waals surface area contributed by atoms with E-state index in [1.54, 1.807) is 17.8 Å². The first-order chi connectivity index (χ1) is 8.20. The van der Waals surface area contributed by atoms with E-state index in [2.05, 4.69) is 20.4 Å². The van der Waals surface area contributed by atoms with Gasteiger partial charge < -0.3 is 5.21 Å². The highest BCUT2D eigenvalue weighted by Gasteiger charge is 2.11. The molecule has 2 rings (SSSR count). The summed E-state index contributed by atoms with van der Waals surface area (Å²) in [7, 11) is 0. The molecule has 0 saturated carbocycles. The van der Waals surface area contributed by atoms with Crippen LogP contribution >= 0.6 is 22.7 Å². The second-order valence-corrected chi connectivity index (χ2v) is 4.79. The van der Waals surface area contributed by atoms with Gasteiger partial charge in [-0.1, -0.05) is 5.16 Å². The fourth-order valence-corrected chi connectivity index (χ4v) is 2.30. The third kappa shape index (κ3) is 2.66. The number of hydrogen-bond donors (Lipinski definition) is 2. The molecule has 0 spiro atoms. The van der Waals surface area contributed by atoms with E-state index in [1.165, 1.54) is 28.9 Å². The predicted molar refractivity (Wildman–Crippen MR) is 66.2 cm³/mol. The molecule has 2 aromatic heterocycles. The molecule has 0 atom stereocenters. The van der Waals surface area contributed by atoms with Crippen molar-refractivity contribution in [3.8, 4) is 0 Å². The maximum absolute atomic E-state index is 11.7. The fourth-order valence-electron chi connectivity index (χ4n) is 1.04. The Bertz CT molecular complexity index is 547. The molecule has 8 heteroatoms. The van der Waals surface area contributed by atoms with Crippen LogP contribution in [0.1, 0.15) is 22.3 Å². The number of anilines is 1. The number of aromatic nitrogens is 2. The van der Waals surface area contributed by atoms with Gasteiger partial charge in [0.2, 0.25) is 0 Å². The number of thiazole rings is 2. The first-order valence-corrected chi connectivity index (χ1v) is 6.31. The molecule has 0 fully saturated rings. The lowest BCUT2D eigenvalue weighted by Gasteiger charge is -1.96. The Balaban J connectivity index is 2.10. The molecule has 0 aliphatic rings. The first-order valence-electron chi connectivity index (χ1n) is 4.55. The molecular weight excluding hydrogens is 260 g/mol. The largest absolute Gasteiger partial charge is 0.411 e. The lowest BCUT2D eigenvalue weighted by molar-refractivity contribution is 0.103. The molecule has 17 heavy (non-hydrogen) atoms. The minimum Gasteiger partial charge on any atom is -0.411 e. The van der Waals surface area contributed by atoms with Crippen LogP contribution in [0.4, 0.5) is 5.13 Å². The quantitative estimate of drug-likeness (QED) is 0.506. The maximum Gasteiger partial charge on any atom is 0.269 e. The van der Waals surface area contributed by atoms with Gasteiger partial charge in [-0.25, -0.2) is 4.98 Å². The molecule has 0 aromatic carbocycles. The number of nitrogens with zero attached hydrogens (tertiary/aromatic N) is 3. The minimum absolute atomic E-state index is 0.244. The van der Waals surface area contributed by atoms with Gasteiger partial charge in [0.1, 0.15) is 16.3 Å². The van der Waals surface area contributed by atoms with E-state index in [-0.39, 0.29) is 5.91 Å². The Hall–Kier alpha value is -1.80. The summed E-state index contributed by atoms with van der Waals surface area (Å²) in [5.74, 6) is -0.244. The Labute approximate surface area is 105 Å². The van der Waals surface area contributed by atoms with Crippen LogP contribution in [0.2, 0.25) is 0 Å². The standard InChI is InChI=1S/C9H8N4O2S2/c1-5(13-15)6-3-16-9(11-6)12-8(14)7-2-10-4-17-7/h2-4,15H,1H3,(H,11,12,14). The Morgan fingerprint density at radius 1 is 1.53 bits per heavy atom. The summed E-state index contributed by atoms with van der Waals surface area (Å²) in [6, 6.07) is 0. The van der Waals surface area contributed by atoms with E-state index in [0.717, 1.165) is 0 Å². The van der Waals surface area contributed by atoms with Crippen LogP contribution in [0.15, 0.2) is 22.2 Å². The van der Waals surface area contributed by atoms with E-state index in [9.17, 15) is 4.79 Å².